The molecule has 1 unspecified atom stereocenters. The van der Waals surface area contributed by atoms with E-state index in [9.17, 15) is 0 Å². The fraction of sp³-hybridized carbons (Fsp3) is 0.333. The van der Waals surface area contributed by atoms with Gasteiger partial charge in [-0.05, 0) is 36.1 Å². The summed E-state index contributed by atoms with van der Waals surface area (Å²) in [4.78, 5) is 2.49. The minimum atomic E-state index is -0.155. The first-order valence-corrected chi connectivity index (χ1v) is 9.56. The lowest BCUT2D eigenvalue weighted by molar-refractivity contribution is 0.194. The van der Waals surface area contributed by atoms with Crippen LogP contribution in [0.2, 0.25) is 0 Å². The third-order valence-electron chi connectivity index (χ3n) is 6.65. The van der Waals surface area contributed by atoms with Gasteiger partial charge in [0.1, 0.15) is 5.76 Å². The number of fused-ring (bicyclic) bond motifs is 2. The lowest BCUT2D eigenvalue weighted by Gasteiger charge is -2.45. The van der Waals surface area contributed by atoms with Crippen molar-refractivity contribution in [2.75, 3.05) is 18.6 Å². The van der Waals surface area contributed by atoms with E-state index in [1.807, 2.05) is 0 Å². The first-order valence-electron chi connectivity index (χ1n) is 9.56. The van der Waals surface area contributed by atoms with E-state index in [0.29, 0.717) is 0 Å². The average molecular weight is 343 g/mol. The van der Waals surface area contributed by atoms with Crippen LogP contribution in [0.5, 0.6) is 0 Å². The van der Waals surface area contributed by atoms with Crippen LogP contribution < -0.4 is 4.90 Å². The minimum Gasteiger partial charge on any atom is -0.493 e. The molecule has 0 saturated carbocycles. The van der Waals surface area contributed by atoms with Crippen molar-refractivity contribution in [1.29, 1.82) is 0 Å². The highest BCUT2D eigenvalue weighted by molar-refractivity contribution is 5.88. The number of ether oxygens (including phenoxy) is 1. The second kappa shape index (κ2) is 5.26. The lowest BCUT2D eigenvalue weighted by atomic mass is 9.66. The van der Waals surface area contributed by atoms with Gasteiger partial charge in [-0.3, -0.25) is 0 Å². The van der Waals surface area contributed by atoms with Crippen molar-refractivity contribution >= 4 is 11.3 Å². The van der Waals surface area contributed by atoms with Gasteiger partial charge in [0.15, 0.2) is 0 Å². The van der Waals surface area contributed by atoms with Crippen LogP contribution in [-0.2, 0) is 10.2 Å². The third kappa shape index (κ3) is 1.77. The Kier molecular flexibility index (Phi) is 3.19. The van der Waals surface area contributed by atoms with Gasteiger partial charge in [0.25, 0.3) is 0 Å². The fourth-order valence-corrected chi connectivity index (χ4v) is 5.39. The zero-order valence-electron chi connectivity index (χ0n) is 15.8. The molecule has 5 rings (SSSR count). The molecule has 2 nitrogen and oxygen atoms in total. The van der Waals surface area contributed by atoms with Gasteiger partial charge in [-0.15, -0.1) is 0 Å². The quantitative estimate of drug-likeness (QED) is 0.695. The van der Waals surface area contributed by atoms with Crippen LogP contribution in [0, 0.1) is 0 Å². The molecule has 3 aliphatic rings. The summed E-state index contributed by atoms with van der Waals surface area (Å²) in [5.41, 5.74) is 6.54. The van der Waals surface area contributed by atoms with Crippen LogP contribution in [0.4, 0.5) is 5.69 Å². The lowest BCUT2D eigenvalue weighted by Crippen LogP contribution is -2.53. The van der Waals surface area contributed by atoms with Crippen LogP contribution in [-0.4, -0.2) is 19.2 Å². The van der Waals surface area contributed by atoms with Gasteiger partial charge in [0.05, 0.1) is 12.1 Å². The highest BCUT2D eigenvalue weighted by atomic mass is 16.5. The van der Waals surface area contributed by atoms with E-state index in [0.717, 1.165) is 25.2 Å². The summed E-state index contributed by atoms with van der Waals surface area (Å²) in [5, 5.41) is 0. The number of allylic oxidation sites excluding steroid dienone is 1. The molecule has 2 heteroatoms. The summed E-state index contributed by atoms with van der Waals surface area (Å²) in [6.07, 6.45) is 4.68. The first kappa shape index (κ1) is 15.7. The number of hydrogen-bond donors (Lipinski definition) is 0. The molecule has 0 saturated heterocycles. The van der Waals surface area contributed by atoms with E-state index < -0.39 is 0 Å². The van der Waals surface area contributed by atoms with Gasteiger partial charge in [0.2, 0.25) is 0 Å². The Hall–Kier alpha value is -2.48. The number of para-hydroxylation sites is 1. The molecule has 2 aromatic carbocycles. The van der Waals surface area contributed by atoms with E-state index >= 15 is 0 Å². The molecule has 0 aromatic heterocycles. The van der Waals surface area contributed by atoms with Crippen molar-refractivity contribution in [3.63, 3.8) is 0 Å². The van der Waals surface area contributed by atoms with Gasteiger partial charge in [-0.25, -0.2) is 0 Å². The molecule has 0 fully saturated rings. The van der Waals surface area contributed by atoms with Crippen molar-refractivity contribution in [1.82, 2.24) is 0 Å². The van der Waals surface area contributed by atoms with Crippen LogP contribution in [0.25, 0.3) is 5.57 Å². The molecule has 132 valence electrons. The molecular weight excluding hydrogens is 318 g/mol. The second-order valence-corrected chi connectivity index (χ2v) is 8.15. The largest absolute Gasteiger partial charge is 0.493 e. The van der Waals surface area contributed by atoms with E-state index in [-0.39, 0.29) is 11.0 Å². The topological polar surface area (TPSA) is 12.5 Å². The van der Waals surface area contributed by atoms with Gasteiger partial charge in [-0.1, -0.05) is 62.4 Å². The molecule has 0 bridgehead atoms. The smallest absolute Gasteiger partial charge is 0.128 e. The Morgan fingerprint density at radius 1 is 0.962 bits per heavy atom. The highest BCUT2D eigenvalue weighted by Gasteiger charge is 2.60. The van der Waals surface area contributed by atoms with Crippen LogP contribution in [0.1, 0.15) is 37.8 Å². The average Bonchev–Trinajstić information content (AvgIpc) is 3.12. The third-order valence-corrected chi connectivity index (χ3v) is 6.65. The maximum atomic E-state index is 6.28. The predicted molar refractivity (Wildman–Crippen MR) is 107 cm³/mol. The standard InChI is InChI=1S/C24H25NO/c1-23(2)19-12-7-8-14-21(19)25(3)24(23)16-18(17-10-5-4-6-11-17)22-20(24)13-9-15-26-22/h4-8,10-12,14,16H,9,13,15H2,1-3H3. The summed E-state index contributed by atoms with van der Waals surface area (Å²) in [6.45, 7) is 5.59. The van der Waals surface area contributed by atoms with Gasteiger partial charge >= 0.3 is 0 Å². The van der Waals surface area contributed by atoms with E-state index in [1.165, 1.54) is 28.0 Å². The predicted octanol–water partition coefficient (Wildman–Crippen LogP) is 5.31. The van der Waals surface area contributed by atoms with Gasteiger partial charge < -0.3 is 9.64 Å². The molecular formula is C24H25NO. The Balaban J connectivity index is 1.79. The number of hydrogen-bond acceptors (Lipinski definition) is 2. The Morgan fingerprint density at radius 2 is 1.69 bits per heavy atom. The maximum absolute atomic E-state index is 6.28. The number of likely N-dealkylation sites (N-methyl/N-ethyl adjacent to an activating group) is 1. The molecule has 26 heavy (non-hydrogen) atoms. The monoisotopic (exact) mass is 343 g/mol. The highest BCUT2D eigenvalue weighted by Crippen LogP contribution is 2.61. The van der Waals surface area contributed by atoms with Crippen LogP contribution in [0.3, 0.4) is 0 Å². The summed E-state index contributed by atoms with van der Waals surface area (Å²) in [7, 11) is 2.25. The Labute approximate surface area is 155 Å². The fourth-order valence-electron chi connectivity index (χ4n) is 5.39. The minimum absolute atomic E-state index is 0.0177. The van der Waals surface area contributed by atoms with Crippen molar-refractivity contribution in [2.24, 2.45) is 0 Å². The summed E-state index contributed by atoms with van der Waals surface area (Å²) < 4.78 is 6.28. The van der Waals surface area contributed by atoms with Crippen molar-refractivity contribution in [3.05, 3.63) is 83.1 Å². The Bertz CT molecular complexity index is 938. The molecule has 1 spiro atoms. The number of anilines is 1. The Morgan fingerprint density at radius 3 is 2.46 bits per heavy atom. The van der Waals surface area contributed by atoms with E-state index in [4.69, 9.17) is 4.74 Å². The second-order valence-electron chi connectivity index (χ2n) is 8.15. The molecule has 1 atom stereocenters. The van der Waals surface area contributed by atoms with E-state index in [2.05, 4.69) is 86.5 Å². The van der Waals surface area contributed by atoms with Crippen molar-refractivity contribution in [3.8, 4) is 0 Å². The van der Waals surface area contributed by atoms with Crippen LogP contribution in [0.15, 0.2) is 72.0 Å². The van der Waals surface area contributed by atoms with Gasteiger partial charge in [-0.2, -0.15) is 0 Å². The zero-order valence-corrected chi connectivity index (χ0v) is 15.8. The molecule has 1 aliphatic carbocycles. The van der Waals surface area contributed by atoms with Gasteiger partial charge in [0, 0.05) is 29.3 Å². The van der Waals surface area contributed by atoms with Crippen molar-refractivity contribution < 1.29 is 4.74 Å². The molecule has 2 heterocycles. The number of benzene rings is 2. The SMILES string of the molecule is CN1c2ccccc2C(C)(C)C12C=C(c1ccccc1)C1=C2CCCO1. The first-order chi connectivity index (χ1) is 12.6. The van der Waals surface area contributed by atoms with E-state index in [1.54, 1.807) is 0 Å². The molecule has 0 amide bonds. The molecule has 0 N–H and O–H groups in total. The normalized spacial score (nSPS) is 25.8. The van der Waals surface area contributed by atoms with Crippen molar-refractivity contribution in [2.45, 2.75) is 37.6 Å². The number of rotatable bonds is 1. The summed E-state index contributed by atoms with van der Waals surface area (Å²) in [6, 6.07) is 19.6. The molecule has 2 aliphatic heterocycles. The number of nitrogens with zero attached hydrogens (tertiary/aromatic N) is 1. The van der Waals surface area contributed by atoms with Crippen LogP contribution >= 0.6 is 0 Å². The summed E-state index contributed by atoms with van der Waals surface area (Å²) >= 11 is 0. The molecule has 2 aromatic rings. The maximum Gasteiger partial charge on any atom is 0.128 e. The molecule has 0 radical (unpaired) electrons. The zero-order chi connectivity index (χ0) is 17.9. The summed E-state index contributed by atoms with van der Waals surface area (Å²) in [5.74, 6) is 1.12.